The molecule has 0 saturated carbocycles. The van der Waals surface area contributed by atoms with Crippen LogP contribution in [0.5, 0.6) is 11.6 Å². The van der Waals surface area contributed by atoms with Crippen LogP contribution in [-0.2, 0) is 0 Å². The number of hydrogen-bond donors (Lipinski definition) is 0. The summed E-state index contributed by atoms with van der Waals surface area (Å²) in [5, 5.41) is 0.0666. The van der Waals surface area contributed by atoms with Crippen LogP contribution in [0.1, 0.15) is 5.56 Å². The number of hydrogen-bond acceptors (Lipinski definition) is 3. The van der Waals surface area contributed by atoms with E-state index in [0.29, 0.717) is 5.56 Å². The molecule has 0 amide bonds. The van der Waals surface area contributed by atoms with Gasteiger partial charge in [-0.2, -0.15) is 4.98 Å². The van der Waals surface area contributed by atoms with Crippen molar-refractivity contribution in [1.82, 2.24) is 9.97 Å². The predicted molar refractivity (Wildman–Crippen MR) is 58.3 cm³/mol. The molecule has 5 heteroatoms. The van der Waals surface area contributed by atoms with Crippen LogP contribution in [0.25, 0.3) is 0 Å². The lowest BCUT2D eigenvalue weighted by Gasteiger charge is -2.07. The van der Waals surface area contributed by atoms with Gasteiger partial charge in [0.25, 0.3) is 0 Å². The van der Waals surface area contributed by atoms with Crippen LogP contribution in [0.15, 0.2) is 30.5 Å². The Balaban J connectivity index is 2.34. The topological polar surface area (TPSA) is 35.0 Å². The molecule has 16 heavy (non-hydrogen) atoms. The lowest BCUT2D eigenvalue weighted by Crippen LogP contribution is -1.95. The van der Waals surface area contributed by atoms with Gasteiger partial charge < -0.3 is 4.74 Å². The first-order valence-corrected chi connectivity index (χ1v) is 4.96. The van der Waals surface area contributed by atoms with Crippen LogP contribution in [0.3, 0.4) is 0 Å². The largest absolute Gasteiger partial charge is 0.436 e. The highest BCUT2D eigenvalue weighted by atomic mass is 35.5. The standard InChI is InChI=1S/C11H8ClFN2O/c1-7-6-14-11(12)15-10(7)16-9-5-3-2-4-8(9)13/h2-6H,1H3. The lowest BCUT2D eigenvalue weighted by atomic mass is 10.3. The zero-order chi connectivity index (χ0) is 11.5. The van der Waals surface area contributed by atoms with Crippen LogP contribution in [0, 0.1) is 12.7 Å². The fraction of sp³-hybridized carbons (Fsp3) is 0.0909. The lowest BCUT2D eigenvalue weighted by molar-refractivity contribution is 0.423. The van der Waals surface area contributed by atoms with Crippen molar-refractivity contribution < 1.29 is 9.13 Å². The van der Waals surface area contributed by atoms with Gasteiger partial charge in [-0.05, 0) is 30.7 Å². The van der Waals surface area contributed by atoms with Crippen molar-refractivity contribution in [2.75, 3.05) is 0 Å². The first-order valence-electron chi connectivity index (χ1n) is 4.58. The molecule has 1 heterocycles. The number of ether oxygens (including phenoxy) is 1. The van der Waals surface area contributed by atoms with Crippen molar-refractivity contribution in [2.24, 2.45) is 0 Å². The summed E-state index contributed by atoms with van der Waals surface area (Å²) in [4.78, 5) is 7.66. The van der Waals surface area contributed by atoms with Gasteiger partial charge in [0, 0.05) is 11.8 Å². The van der Waals surface area contributed by atoms with E-state index in [1.807, 2.05) is 0 Å². The maximum atomic E-state index is 13.3. The van der Waals surface area contributed by atoms with Crippen LogP contribution in [0.4, 0.5) is 4.39 Å². The molecule has 0 aliphatic carbocycles. The van der Waals surface area contributed by atoms with E-state index in [2.05, 4.69) is 9.97 Å². The fourth-order valence-corrected chi connectivity index (χ4v) is 1.27. The molecule has 0 atom stereocenters. The minimum Gasteiger partial charge on any atom is -0.436 e. The van der Waals surface area contributed by atoms with Crippen molar-refractivity contribution in [3.63, 3.8) is 0 Å². The molecule has 82 valence electrons. The van der Waals surface area contributed by atoms with Gasteiger partial charge in [-0.15, -0.1) is 0 Å². The van der Waals surface area contributed by atoms with Crippen LogP contribution >= 0.6 is 11.6 Å². The molecule has 1 aromatic carbocycles. The second kappa shape index (κ2) is 4.45. The number of aromatic nitrogens is 2. The Kier molecular flexibility index (Phi) is 3.01. The Labute approximate surface area is 96.9 Å². The summed E-state index contributed by atoms with van der Waals surface area (Å²) >= 11 is 5.63. The van der Waals surface area contributed by atoms with Crippen LogP contribution in [-0.4, -0.2) is 9.97 Å². The van der Waals surface area contributed by atoms with Crippen molar-refractivity contribution in [3.8, 4) is 11.6 Å². The molecule has 1 aromatic heterocycles. The summed E-state index contributed by atoms with van der Waals surface area (Å²) in [5.74, 6) is -0.0814. The third-order valence-electron chi connectivity index (χ3n) is 1.94. The highest BCUT2D eigenvalue weighted by Crippen LogP contribution is 2.25. The first kappa shape index (κ1) is 10.8. The molecule has 0 radical (unpaired) electrons. The summed E-state index contributed by atoms with van der Waals surface area (Å²) in [5.41, 5.74) is 0.688. The number of nitrogens with zero attached hydrogens (tertiary/aromatic N) is 2. The average Bonchev–Trinajstić information content (AvgIpc) is 2.27. The second-order valence-corrected chi connectivity index (χ2v) is 3.50. The van der Waals surface area contributed by atoms with Gasteiger partial charge >= 0.3 is 0 Å². The van der Waals surface area contributed by atoms with Gasteiger partial charge in [0.2, 0.25) is 11.2 Å². The monoisotopic (exact) mass is 238 g/mol. The Morgan fingerprint density at radius 1 is 1.31 bits per heavy atom. The predicted octanol–water partition coefficient (Wildman–Crippen LogP) is 3.37. The molecular weight excluding hydrogens is 231 g/mol. The van der Waals surface area contributed by atoms with Crippen LogP contribution in [0.2, 0.25) is 5.28 Å². The van der Waals surface area contributed by atoms with Gasteiger partial charge in [0.05, 0.1) is 0 Å². The Bertz CT molecular complexity index is 519. The quantitative estimate of drug-likeness (QED) is 0.753. The summed E-state index contributed by atoms with van der Waals surface area (Å²) < 4.78 is 18.6. The Morgan fingerprint density at radius 3 is 2.81 bits per heavy atom. The number of aryl methyl sites for hydroxylation is 1. The maximum absolute atomic E-state index is 13.3. The van der Waals surface area contributed by atoms with Gasteiger partial charge in [-0.25, -0.2) is 9.37 Å². The summed E-state index contributed by atoms with van der Waals surface area (Å²) in [6.45, 7) is 1.76. The molecule has 0 spiro atoms. The molecule has 0 aliphatic heterocycles. The van der Waals surface area contributed by atoms with Gasteiger partial charge in [-0.1, -0.05) is 12.1 Å². The smallest absolute Gasteiger partial charge is 0.226 e. The minimum absolute atomic E-state index is 0.0666. The zero-order valence-corrected chi connectivity index (χ0v) is 9.20. The normalized spacial score (nSPS) is 10.2. The van der Waals surface area contributed by atoms with E-state index in [0.717, 1.165) is 0 Å². The second-order valence-electron chi connectivity index (χ2n) is 3.16. The van der Waals surface area contributed by atoms with Gasteiger partial charge in [-0.3, -0.25) is 0 Å². The Hall–Kier alpha value is -1.68. The van der Waals surface area contributed by atoms with Gasteiger partial charge in [0.15, 0.2) is 11.6 Å². The molecule has 0 N–H and O–H groups in total. The average molecular weight is 239 g/mol. The van der Waals surface area contributed by atoms with E-state index < -0.39 is 5.82 Å². The molecular formula is C11H8ClFN2O. The molecule has 0 aliphatic rings. The van der Waals surface area contributed by atoms with E-state index in [9.17, 15) is 4.39 Å². The minimum atomic E-state index is -0.448. The number of para-hydroxylation sites is 1. The highest BCUT2D eigenvalue weighted by Gasteiger charge is 2.08. The van der Waals surface area contributed by atoms with Crippen molar-refractivity contribution >= 4 is 11.6 Å². The van der Waals surface area contributed by atoms with Crippen molar-refractivity contribution in [2.45, 2.75) is 6.92 Å². The molecule has 0 fully saturated rings. The maximum Gasteiger partial charge on any atom is 0.226 e. The van der Waals surface area contributed by atoms with Crippen molar-refractivity contribution in [1.29, 1.82) is 0 Å². The first-order chi connectivity index (χ1) is 7.66. The molecule has 3 nitrogen and oxygen atoms in total. The van der Waals surface area contributed by atoms with E-state index in [-0.39, 0.29) is 16.9 Å². The third kappa shape index (κ3) is 2.28. The number of halogens is 2. The molecule has 2 rings (SSSR count). The summed E-state index contributed by atoms with van der Waals surface area (Å²) in [6, 6.07) is 6.09. The fourth-order valence-electron chi connectivity index (χ4n) is 1.14. The zero-order valence-electron chi connectivity index (χ0n) is 8.45. The Morgan fingerprint density at radius 2 is 2.06 bits per heavy atom. The van der Waals surface area contributed by atoms with E-state index in [1.165, 1.54) is 18.3 Å². The van der Waals surface area contributed by atoms with Crippen LogP contribution < -0.4 is 4.74 Å². The molecule has 0 unspecified atom stereocenters. The number of benzene rings is 1. The van der Waals surface area contributed by atoms with Crippen molar-refractivity contribution in [3.05, 3.63) is 47.1 Å². The van der Waals surface area contributed by atoms with Gasteiger partial charge in [0.1, 0.15) is 0 Å². The summed E-state index contributed by atoms with van der Waals surface area (Å²) in [7, 11) is 0. The molecule has 0 bridgehead atoms. The molecule has 0 saturated heterocycles. The number of rotatable bonds is 2. The van der Waals surface area contributed by atoms with E-state index in [4.69, 9.17) is 16.3 Å². The molecule has 2 aromatic rings. The third-order valence-corrected chi connectivity index (χ3v) is 2.12. The van der Waals surface area contributed by atoms with E-state index in [1.54, 1.807) is 19.1 Å². The van der Waals surface area contributed by atoms with E-state index >= 15 is 0 Å². The summed E-state index contributed by atoms with van der Waals surface area (Å²) in [6.07, 6.45) is 1.52. The SMILES string of the molecule is Cc1cnc(Cl)nc1Oc1ccccc1F. The highest BCUT2D eigenvalue weighted by molar-refractivity contribution is 6.28.